The molecular formula is C15H12Cl2O. The van der Waals surface area contributed by atoms with E-state index in [1.165, 1.54) is 22.3 Å². The fraction of sp³-hybridized carbons (Fsp3) is 0.200. The number of hydrogen-bond donors (Lipinski definition) is 0. The predicted molar refractivity (Wildman–Crippen MR) is 75.4 cm³/mol. The fourth-order valence-corrected chi connectivity index (χ4v) is 3.01. The maximum absolute atomic E-state index is 6.25. The third kappa shape index (κ3) is 1.83. The van der Waals surface area contributed by atoms with E-state index in [2.05, 4.69) is 12.1 Å². The first-order valence-electron chi connectivity index (χ1n) is 5.78. The van der Waals surface area contributed by atoms with Gasteiger partial charge < -0.3 is 4.74 Å². The standard InChI is InChI=1S/C15H12Cl2O/c1-18-8-14-13-7-9-6-10(16)2-3-11(9)12(13)4-5-15(14)17/h2-6H,7-8H2,1H3. The first kappa shape index (κ1) is 12.0. The van der Waals surface area contributed by atoms with Gasteiger partial charge in [0.1, 0.15) is 0 Å². The van der Waals surface area contributed by atoms with Crippen molar-refractivity contribution in [1.82, 2.24) is 0 Å². The van der Waals surface area contributed by atoms with Crippen LogP contribution in [-0.4, -0.2) is 7.11 Å². The lowest BCUT2D eigenvalue weighted by molar-refractivity contribution is 0.184. The van der Waals surface area contributed by atoms with Gasteiger partial charge in [-0.3, -0.25) is 0 Å². The molecule has 0 fully saturated rings. The van der Waals surface area contributed by atoms with Crippen molar-refractivity contribution in [2.24, 2.45) is 0 Å². The highest BCUT2D eigenvalue weighted by Gasteiger charge is 2.22. The van der Waals surface area contributed by atoms with Crippen LogP contribution in [0.5, 0.6) is 0 Å². The second-order valence-electron chi connectivity index (χ2n) is 4.46. The van der Waals surface area contributed by atoms with Gasteiger partial charge in [-0.25, -0.2) is 0 Å². The Bertz CT molecular complexity index is 620. The highest BCUT2D eigenvalue weighted by Crippen LogP contribution is 2.41. The van der Waals surface area contributed by atoms with Gasteiger partial charge in [-0.15, -0.1) is 0 Å². The Hall–Kier alpha value is -1.02. The van der Waals surface area contributed by atoms with Gasteiger partial charge in [0.25, 0.3) is 0 Å². The summed E-state index contributed by atoms with van der Waals surface area (Å²) in [5.41, 5.74) is 6.12. The Balaban J connectivity index is 2.18. The zero-order valence-corrected chi connectivity index (χ0v) is 11.5. The summed E-state index contributed by atoms with van der Waals surface area (Å²) in [6, 6.07) is 10.1. The number of hydrogen-bond acceptors (Lipinski definition) is 1. The lowest BCUT2D eigenvalue weighted by atomic mass is 10.0. The van der Waals surface area contributed by atoms with E-state index in [0.717, 1.165) is 22.0 Å². The monoisotopic (exact) mass is 278 g/mol. The molecule has 3 heteroatoms. The van der Waals surface area contributed by atoms with E-state index in [9.17, 15) is 0 Å². The molecule has 0 spiro atoms. The Morgan fingerprint density at radius 2 is 1.89 bits per heavy atom. The minimum absolute atomic E-state index is 0.545. The molecule has 0 atom stereocenters. The molecule has 0 N–H and O–H groups in total. The molecule has 2 aromatic rings. The normalized spacial score (nSPS) is 12.4. The first-order valence-corrected chi connectivity index (χ1v) is 6.54. The molecule has 3 rings (SSSR count). The van der Waals surface area contributed by atoms with Crippen molar-refractivity contribution in [3.63, 3.8) is 0 Å². The van der Waals surface area contributed by atoms with E-state index in [1.807, 2.05) is 18.2 Å². The lowest BCUT2D eigenvalue weighted by Gasteiger charge is -2.09. The molecule has 0 radical (unpaired) electrons. The second-order valence-corrected chi connectivity index (χ2v) is 5.31. The maximum atomic E-state index is 6.25. The number of benzene rings is 2. The number of methoxy groups -OCH3 is 1. The van der Waals surface area contributed by atoms with Crippen molar-refractivity contribution in [1.29, 1.82) is 0 Å². The Morgan fingerprint density at radius 1 is 1.11 bits per heavy atom. The topological polar surface area (TPSA) is 9.23 Å². The van der Waals surface area contributed by atoms with Crippen LogP contribution in [0.15, 0.2) is 30.3 Å². The van der Waals surface area contributed by atoms with E-state index < -0.39 is 0 Å². The van der Waals surface area contributed by atoms with Gasteiger partial charge in [0.15, 0.2) is 0 Å². The van der Waals surface area contributed by atoms with Crippen LogP contribution < -0.4 is 0 Å². The molecule has 0 amide bonds. The highest BCUT2D eigenvalue weighted by atomic mass is 35.5. The summed E-state index contributed by atoms with van der Waals surface area (Å²) in [7, 11) is 1.69. The quantitative estimate of drug-likeness (QED) is 0.660. The van der Waals surface area contributed by atoms with Crippen LogP contribution in [0.25, 0.3) is 11.1 Å². The number of fused-ring (bicyclic) bond motifs is 3. The highest BCUT2D eigenvalue weighted by molar-refractivity contribution is 6.32. The van der Waals surface area contributed by atoms with Gasteiger partial charge in [0, 0.05) is 22.7 Å². The second kappa shape index (κ2) is 4.58. The zero-order chi connectivity index (χ0) is 12.7. The summed E-state index contributed by atoms with van der Waals surface area (Å²) in [5, 5.41) is 1.55. The van der Waals surface area contributed by atoms with Gasteiger partial charge in [-0.1, -0.05) is 35.3 Å². The molecule has 1 aliphatic carbocycles. The SMILES string of the molecule is COCc1c(Cl)ccc2c1Cc1cc(Cl)ccc1-2. The fourth-order valence-electron chi connectivity index (χ4n) is 2.58. The molecule has 0 unspecified atom stereocenters. The van der Waals surface area contributed by atoms with E-state index in [1.54, 1.807) is 7.11 Å². The third-order valence-corrected chi connectivity index (χ3v) is 3.98. The van der Waals surface area contributed by atoms with Crippen molar-refractivity contribution in [2.75, 3.05) is 7.11 Å². The van der Waals surface area contributed by atoms with Crippen molar-refractivity contribution in [2.45, 2.75) is 13.0 Å². The van der Waals surface area contributed by atoms with Crippen LogP contribution in [0.2, 0.25) is 10.0 Å². The summed E-state index contributed by atoms with van der Waals surface area (Å²) < 4.78 is 5.25. The average molecular weight is 279 g/mol. The molecule has 0 bridgehead atoms. The maximum Gasteiger partial charge on any atom is 0.0730 e. The molecule has 0 aromatic heterocycles. The molecule has 1 aliphatic rings. The Morgan fingerprint density at radius 3 is 2.67 bits per heavy atom. The Labute approximate surface area is 116 Å². The first-order chi connectivity index (χ1) is 8.70. The van der Waals surface area contributed by atoms with Crippen LogP contribution in [0.4, 0.5) is 0 Å². The number of ether oxygens (including phenoxy) is 1. The van der Waals surface area contributed by atoms with E-state index >= 15 is 0 Å². The van der Waals surface area contributed by atoms with Crippen molar-refractivity contribution in [3.05, 3.63) is 57.1 Å². The summed E-state index contributed by atoms with van der Waals surface area (Å²) in [4.78, 5) is 0. The van der Waals surface area contributed by atoms with Gasteiger partial charge >= 0.3 is 0 Å². The summed E-state index contributed by atoms with van der Waals surface area (Å²) in [6.45, 7) is 0.545. The molecule has 0 saturated heterocycles. The van der Waals surface area contributed by atoms with Gasteiger partial charge in [-0.05, 0) is 46.9 Å². The van der Waals surface area contributed by atoms with Crippen LogP contribution in [0.3, 0.4) is 0 Å². The predicted octanol–water partition coefficient (Wildman–Crippen LogP) is 4.71. The van der Waals surface area contributed by atoms with Gasteiger partial charge in [-0.2, -0.15) is 0 Å². The summed E-state index contributed by atoms with van der Waals surface area (Å²) >= 11 is 12.3. The molecule has 18 heavy (non-hydrogen) atoms. The number of rotatable bonds is 2. The van der Waals surface area contributed by atoms with Gasteiger partial charge in [0.05, 0.1) is 6.61 Å². The zero-order valence-electron chi connectivity index (χ0n) is 9.97. The van der Waals surface area contributed by atoms with E-state index in [0.29, 0.717) is 6.61 Å². The molecule has 92 valence electrons. The largest absolute Gasteiger partial charge is 0.380 e. The van der Waals surface area contributed by atoms with Crippen LogP contribution in [0.1, 0.15) is 16.7 Å². The lowest BCUT2D eigenvalue weighted by Crippen LogP contribution is -1.96. The van der Waals surface area contributed by atoms with E-state index in [-0.39, 0.29) is 0 Å². The van der Waals surface area contributed by atoms with Crippen molar-refractivity contribution < 1.29 is 4.74 Å². The average Bonchev–Trinajstić information content (AvgIpc) is 2.70. The third-order valence-electron chi connectivity index (χ3n) is 3.39. The van der Waals surface area contributed by atoms with Crippen molar-refractivity contribution in [3.8, 4) is 11.1 Å². The molecule has 0 heterocycles. The van der Waals surface area contributed by atoms with E-state index in [4.69, 9.17) is 27.9 Å². The van der Waals surface area contributed by atoms with Gasteiger partial charge in [0.2, 0.25) is 0 Å². The van der Waals surface area contributed by atoms with Crippen LogP contribution >= 0.6 is 23.2 Å². The summed E-state index contributed by atoms with van der Waals surface area (Å²) in [6.07, 6.45) is 0.879. The van der Waals surface area contributed by atoms with Crippen LogP contribution in [-0.2, 0) is 17.8 Å². The minimum atomic E-state index is 0.545. The minimum Gasteiger partial charge on any atom is -0.380 e. The number of halogens is 2. The Kier molecular flexibility index (Phi) is 3.06. The molecule has 0 saturated carbocycles. The molecular weight excluding hydrogens is 267 g/mol. The van der Waals surface area contributed by atoms with Crippen molar-refractivity contribution >= 4 is 23.2 Å². The molecule has 1 nitrogen and oxygen atoms in total. The molecule has 0 aliphatic heterocycles. The molecule has 2 aromatic carbocycles. The smallest absolute Gasteiger partial charge is 0.0730 e. The van der Waals surface area contributed by atoms with Crippen LogP contribution in [0, 0.1) is 0 Å². The summed E-state index contributed by atoms with van der Waals surface area (Å²) in [5.74, 6) is 0.